The Morgan fingerprint density at radius 1 is 1.32 bits per heavy atom. The van der Waals surface area contributed by atoms with Crippen molar-refractivity contribution in [1.29, 1.82) is 0 Å². The summed E-state index contributed by atoms with van der Waals surface area (Å²) in [5, 5.41) is 11.4. The maximum atomic E-state index is 12.4. The smallest absolute Gasteiger partial charge is 0.237 e. The molecule has 1 aliphatic heterocycles. The van der Waals surface area contributed by atoms with Gasteiger partial charge in [0.25, 0.3) is 0 Å². The second-order valence-electron chi connectivity index (χ2n) is 8.67. The number of benzene rings is 1. The summed E-state index contributed by atoms with van der Waals surface area (Å²) in [4.78, 5) is 26.8. The van der Waals surface area contributed by atoms with Crippen molar-refractivity contribution < 1.29 is 9.59 Å². The number of amides is 2. The molecule has 7 heteroatoms. The van der Waals surface area contributed by atoms with Crippen LogP contribution in [0.2, 0.25) is 0 Å². The fourth-order valence-corrected chi connectivity index (χ4v) is 3.69. The van der Waals surface area contributed by atoms with Crippen molar-refractivity contribution in [2.24, 2.45) is 5.41 Å². The molecule has 7 nitrogen and oxygen atoms in total. The molecule has 1 unspecified atom stereocenters. The van der Waals surface area contributed by atoms with Gasteiger partial charge in [-0.1, -0.05) is 39.0 Å². The van der Waals surface area contributed by atoms with Crippen molar-refractivity contribution in [3.8, 4) is 0 Å². The summed E-state index contributed by atoms with van der Waals surface area (Å²) in [6.45, 7) is 9.98. The van der Waals surface area contributed by atoms with E-state index < -0.39 is 0 Å². The zero-order valence-corrected chi connectivity index (χ0v) is 17.1. The van der Waals surface area contributed by atoms with Crippen molar-refractivity contribution in [3.63, 3.8) is 0 Å². The molecule has 0 spiro atoms. The molecule has 1 fully saturated rings. The molecule has 28 heavy (non-hydrogen) atoms. The van der Waals surface area contributed by atoms with E-state index in [-0.39, 0.29) is 29.7 Å². The monoisotopic (exact) mass is 385 g/mol. The van der Waals surface area contributed by atoms with Gasteiger partial charge in [-0.25, -0.2) is 0 Å². The number of hydrogen-bond acceptors (Lipinski definition) is 4. The lowest BCUT2D eigenvalue weighted by Crippen LogP contribution is -2.58. The minimum Gasteiger partial charge on any atom is -0.356 e. The molecule has 0 bridgehead atoms. The molecule has 1 aliphatic rings. The molecule has 152 valence electrons. The van der Waals surface area contributed by atoms with Gasteiger partial charge < -0.3 is 10.6 Å². The third-order valence-corrected chi connectivity index (χ3v) is 4.92. The topological polar surface area (TPSA) is 79.3 Å². The lowest BCUT2D eigenvalue weighted by Gasteiger charge is -2.38. The maximum Gasteiger partial charge on any atom is 0.237 e. The number of nitrogens with zero attached hydrogens (tertiary/aromatic N) is 3. The van der Waals surface area contributed by atoms with E-state index in [0.29, 0.717) is 13.1 Å². The summed E-state index contributed by atoms with van der Waals surface area (Å²) in [5.41, 5.74) is 1.18. The Bertz CT molecular complexity index is 824. The van der Waals surface area contributed by atoms with Crippen molar-refractivity contribution in [1.82, 2.24) is 25.3 Å². The van der Waals surface area contributed by atoms with E-state index in [1.54, 1.807) is 0 Å². The summed E-state index contributed by atoms with van der Waals surface area (Å²) in [6, 6.07) is 7.70. The highest BCUT2D eigenvalue weighted by Crippen LogP contribution is 2.19. The molecule has 2 aromatic rings. The van der Waals surface area contributed by atoms with Crippen molar-refractivity contribution in [3.05, 3.63) is 30.5 Å². The van der Waals surface area contributed by atoms with Gasteiger partial charge in [0.2, 0.25) is 11.8 Å². The molecule has 1 aromatic heterocycles. The molecule has 2 N–H and O–H groups in total. The van der Waals surface area contributed by atoms with Crippen LogP contribution in [0.5, 0.6) is 0 Å². The Morgan fingerprint density at radius 2 is 2.11 bits per heavy atom. The number of nitrogens with one attached hydrogen (secondary N) is 2. The molecule has 2 amide bonds. The number of fused-ring (bicyclic) bond motifs is 1. The van der Waals surface area contributed by atoms with Crippen LogP contribution in [-0.2, 0) is 16.1 Å². The van der Waals surface area contributed by atoms with Crippen LogP contribution in [-0.4, -0.2) is 58.7 Å². The maximum absolute atomic E-state index is 12.4. The first-order valence-corrected chi connectivity index (χ1v) is 10.0. The van der Waals surface area contributed by atoms with E-state index >= 15 is 0 Å². The first-order valence-electron chi connectivity index (χ1n) is 10.0. The van der Waals surface area contributed by atoms with Crippen LogP contribution in [0.15, 0.2) is 30.5 Å². The predicted molar refractivity (Wildman–Crippen MR) is 110 cm³/mol. The van der Waals surface area contributed by atoms with Gasteiger partial charge >= 0.3 is 0 Å². The lowest BCUT2D eigenvalue weighted by molar-refractivity contribution is -0.134. The van der Waals surface area contributed by atoms with Gasteiger partial charge in [-0.15, -0.1) is 0 Å². The molecular formula is C21H31N5O2. The molecule has 1 aromatic carbocycles. The molecule has 1 saturated heterocycles. The summed E-state index contributed by atoms with van der Waals surface area (Å²) < 4.78 is 1.96. The number of para-hydroxylation sites is 1. The predicted octanol–water partition coefficient (Wildman–Crippen LogP) is 1.78. The molecule has 2 heterocycles. The zero-order chi connectivity index (χ0) is 20.1. The molecule has 0 radical (unpaired) electrons. The highest BCUT2D eigenvalue weighted by molar-refractivity contribution is 5.88. The Hall–Kier alpha value is -2.41. The summed E-state index contributed by atoms with van der Waals surface area (Å²) in [6.07, 6.45) is 2.85. The number of aromatic nitrogens is 2. The van der Waals surface area contributed by atoms with E-state index in [4.69, 9.17) is 0 Å². The number of carbonyl (C=O) groups is 2. The SMILES string of the molecule is CC(C)(C)CN1CCNC(=O)C1CC(=O)NCCCn1ncc2ccccc21. The highest BCUT2D eigenvalue weighted by Gasteiger charge is 2.33. The van der Waals surface area contributed by atoms with Gasteiger partial charge in [0, 0.05) is 38.1 Å². The van der Waals surface area contributed by atoms with E-state index in [2.05, 4.69) is 41.4 Å². The third kappa shape index (κ3) is 5.32. The average molecular weight is 386 g/mol. The molecule has 0 aliphatic carbocycles. The molecular weight excluding hydrogens is 354 g/mol. The number of hydrogen-bond donors (Lipinski definition) is 2. The zero-order valence-electron chi connectivity index (χ0n) is 17.1. The fraction of sp³-hybridized carbons (Fsp3) is 0.571. The Balaban J connectivity index is 1.47. The van der Waals surface area contributed by atoms with Crippen LogP contribution >= 0.6 is 0 Å². The van der Waals surface area contributed by atoms with Crippen LogP contribution in [0.25, 0.3) is 10.9 Å². The van der Waals surface area contributed by atoms with Crippen molar-refractivity contribution in [2.45, 2.75) is 46.2 Å². The van der Waals surface area contributed by atoms with Gasteiger partial charge in [-0.05, 0) is 17.9 Å². The van der Waals surface area contributed by atoms with Gasteiger partial charge in [0.05, 0.1) is 24.2 Å². The largest absolute Gasteiger partial charge is 0.356 e. The van der Waals surface area contributed by atoms with Crippen LogP contribution in [0, 0.1) is 5.41 Å². The van der Waals surface area contributed by atoms with E-state index in [9.17, 15) is 9.59 Å². The fourth-order valence-electron chi connectivity index (χ4n) is 3.69. The molecule has 3 rings (SSSR count). The minimum atomic E-state index is -0.386. The normalized spacial score (nSPS) is 18.2. The standard InChI is InChI=1S/C21H31N5O2/c1-21(2,3)15-25-12-10-23-20(28)18(25)13-19(27)22-9-6-11-26-17-8-5-4-7-16(17)14-24-26/h4-5,7-8,14,18H,6,9-13,15H2,1-3H3,(H,22,27)(H,23,28). The molecule has 1 atom stereocenters. The van der Waals surface area contributed by atoms with Gasteiger partial charge in [0.1, 0.15) is 0 Å². The number of aryl methyl sites for hydroxylation is 1. The van der Waals surface area contributed by atoms with E-state index in [0.717, 1.165) is 37.0 Å². The summed E-state index contributed by atoms with van der Waals surface area (Å²) >= 11 is 0. The third-order valence-electron chi connectivity index (χ3n) is 4.92. The summed E-state index contributed by atoms with van der Waals surface area (Å²) in [5.74, 6) is -0.125. The van der Waals surface area contributed by atoms with Crippen LogP contribution < -0.4 is 10.6 Å². The number of piperazine rings is 1. The molecule has 0 saturated carbocycles. The van der Waals surface area contributed by atoms with Crippen molar-refractivity contribution >= 4 is 22.7 Å². The van der Waals surface area contributed by atoms with E-state index in [1.165, 1.54) is 0 Å². The van der Waals surface area contributed by atoms with Crippen molar-refractivity contribution in [2.75, 3.05) is 26.2 Å². The van der Waals surface area contributed by atoms with E-state index in [1.807, 2.05) is 35.1 Å². The van der Waals surface area contributed by atoms with Crippen LogP contribution in [0.1, 0.15) is 33.6 Å². The quantitative estimate of drug-likeness (QED) is 0.712. The summed E-state index contributed by atoms with van der Waals surface area (Å²) in [7, 11) is 0. The minimum absolute atomic E-state index is 0.0475. The van der Waals surface area contributed by atoms with Gasteiger partial charge in [-0.3, -0.25) is 19.2 Å². The van der Waals surface area contributed by atoms with Gasteiger partial charge in [0.15, 0.2) is 0 Å². The van der Waals surface area contributed by atoms with Crippen LogP contribution in [0.4, 0.5) is 0 Å². The Morgan fingerprint density at radius 3 is 2.89 bits per heavy atom. The lowest BCUT2D eigenvalue weighted by atomic mass is 9.94. The second kappa shape index (κ2) is 8.73. The van der Waals surface area contributed by atoms with Crippen LogP contribution in [0.3, 0.4) is 0 Å². The second-order valence-corrected chi connectivity index (χ2v) is 8.67. The first kappa shape index (κ1) is 20.3. The first-order chi connectivity index (χ1) is 13.3. The number of rotatable bonds is 7. The average Bonchev–Trinajstić information content (AvgIpc) is 3.04. The number of carbonyl (C=O) groups excluding carboxylic acids is 2. The Labute approximate surface area is 166 Å². The highest BCUT2D eigenvalue weighted by atomic mass is 16.2. The Kier molecular flexibility index (Phi) is 6.34. The van der Waals surface area contributed by atoms with Gasteiger partial charge in [-0.2, -0.15) is 5.10 Å².